The zero-order valence-corrected chi connectivity index (χ0v) is 37.7. The first kappa shape index (κ1) is 67.5. The van der Waals surface area contributed by atoms with Crippen LogP contribution in [0.1, 0.15) is 8.62 Å². The van der Waals surface area contributed by atoms with E-state index in [9.17, 15) is 0 Å². The summed E-state index contributed by atoms with van der Waals surface area (Å²) in [6.07, 6.45) is 1.22. The van der Waals surface area contributed by atoms with Gasteiger partial charge in [-0.15, -0.1) is 19.8 Å². The summed E-state index contributed by atoms with van der Waals surface area (Å²) in [5, 5.41) is 75.1. The maximum absolute atomic E-state index is 7.97. The van der Waals surface area contributed by atoms with Gasteiger partial charge < -0.3 is 73.6 Å². The van der Waals surface area contributed by atoms with Crippen LogP contribution < -0.4 is 217 Å². The molecule has 0 amide bonds. The third-order valence-electron chi connectivity index (χ3n) is 2.49. The minimum absolute atomic E-state index is 0. The molecule has 5 rings (SSSR count). The van der Waals surface area contributed by atoms with Crippen LogP contribution in [0.25, 0.3) is 28.1 Å². The Morgan fingerprint density at radius 2 is 1.09 bits per heavy atom. The van der Waals surface area contributed by atoms with Gasteiger partial charge in [0.2, 0.25) is 11.6 Å². The first-order valence-corrected chi connectivity index (χ1v) is 7.40. The standard InChI is InChI=1S/C2H4N10.C2N8.C2N5.C2N2.CH3.2BH.2H3N.6Na.2H2O.H/c3-11-1(5-7-9-11)2-6-8-10-12(2)4;3-1(4-8-7-3)2-5-9-10-6-2;3-1-2-4-6-7-5-2;1-4-2-3;;;;;;;;;;;;;;/h3-4H2;;;;1H3;2*1H;2*1H3;;;;;;;2*1H2;/q;-2;-1;;-1;;-1;;;6*+1;;;-1/i;;;;3*1T;;;;;;;;;;;. The number of nitrogen functional groups attached to an aromatic ring is 2. The number of rotatable bonds is 2. The van der Waals surface area contributed by atoms with E-state index in [-0.39, 0.29) is 231 Å². The summed E-state index contributed by atoms with van der Waals surface area (Å²) in [7, 11) is 10.0. The van der Waals surface area contributed by atoms with E-state index in [0.29, 0.717) is 0 Å². The fraction of sp³-hybridized carbons (Fsp3) is 0. The van der Waals surface area contributed by atoms with Gasteiger partial charge in [-0.05, 0) is 22.2 Å². The van der Waals surface area contributed by atoms with Crippen molar-refractivity contribution in [3.63, 3.8) is 0 Å². The maximum atomic E-state index is 7.97. The van der Waals surface area contributed by atoms with Crippen molar-refractivity contribution in [3.8, 4) is 35.6 Å². The molecule has 0 aromatic carbocycles. The van der Waals surface area contributed by atoms with Crippen molar-refractivity contribution in [1.29, 1.82) is 13.2 Å². The minimum Gasteiger partial charge on any atom is -1.00 e. The van der Waals surface area contributed by atoms with Crippen molar-refractivity contribution in [2.45, 2.75) is 0 Å². The first-order chi connectivity index (χ1) is 19.1. The summed E-state index contributed by atoms with van der Waals surface area (Å²) >= 11 is 0. The van der Waals surface area contributed by atoms with Crippen molar-refractivity contribution in [3.05, 3.63) is 24.6 Å². The molecule has 0 atom stereocenters. The van der Waals surface area contributed by atoms with Crippen molar-refractivity contribution in [2.24, 2.45) is 0 Å². The molecule has 5 aromatic rings. The molecule has 5 aromatic heterocycles. The second-order valence-corrected chi connectivity index (χ2v) is 4.33. The summed E-state index contributed by atoms with van der Waals surface area (Å²) in [6, 6.07) is 1.66. The Bertz CT molecular complexity index is 1290. The fourth-order valence-electron chi connectivity index (χ4n) is 1.34. The van der Waals surface area contributed by atoms with Crippen LogP contribution in [-0.4, -0.2) is 118 Å². The van der Waals surface area contributed by atoms with Gasteiger partial charge in [0.05, 0.1) is 0 Å². The molecular formula is C9H20B2N27Na6O2. The second kappa shape index (κ2) is 48.8. The van der Waals surface area contributed by atoms with Crippen LogP contribution in [0.4, 0.5) is 0 Å². The molecule has 29 nitrogen and oxygen atoms in total. The van der Waals surface area contributed by atoms with E-state index in [4.69, 9.17) is 32.8 Å². The molecule has 37 heteroatoms. The zero-order chi connectivity index (χ0) is 29.9. The number of tetrazole rings is 5. The summed E-state index contributed by atoms with van der Waals surface area (Å²) in [5.74, 6) is 11.5. The molecular weight excluding hydrogens is 678 g/mol. The van der Waals surface area contributed by atoms with Crippen molar-refractivity contribution in [1.82, 2.24) is 115 Å². The van der Waals surface area contributed by atoms with Gasteiger partial charge in [-0.2, -0.15) is 20.9 Å². The van der Waals surface area contributed by atoms with Crippen LogP contribution in [0.2, 0.25) is 0 Å². The Balaban J connectivity index is -0.0000000305. The molecule has 0 aliphatic carbocycles. The molecule has 0 bridgehead atoms. The summed E-state index contributed by atoms with van der Waals surface area (Å²) in [4.78, 5) is 4.14. The van der Waals surface area contributed by atoms with Crippen LogP contribution >= 0.6 is 0 Å². The number of nitriles is 2. The van der Waals surface area contributed by atoms with E-state index in [2.05, 4.69) is 122 Å². The number of aromatic nitrogens is 20. The van der Waals surface area contributed by atoms with Crippen molar-refractivity contribution >= 4 is 16.8 Å². The smallest absolute Gasteiger partial charge is 1.00 e. The number of hydrogen-bond donors (Lipinski definition) is 4. The Morgan fingerprint density at radius 3 is 1.26 bits per heavy atom. The van der Waals surface area contributed by atoms with E-state index >= 15 is 0 Å². The SMILES string of the molecule is N.N.N#Cc1nnn[n-]1.Nn1nnnc1-c1nnnn1N.O.O.[3H][B-].[3H][B].[3H][CH2-].[C-]#[N+]C#N.[H-].[Na+].[Na+].[Na+].[Na+].[Na+].[Na+].n1n[n-]c(-c2nnn[n-]2)n1. The van der Waals surface area contributed by atoms with E-state index < -0.39 is 0 Å². The van der Waals surface area contributed by atoms with Crippen LogP contribution in [0.5, 0.6) is 0 Å². The van der Waals surface area contributed by atoms with Crippen LogP contribution in [0, 0.1) is 36.8 Å². The molecule has 215 valence electrons. The Kier molecular flexibility index (Phi) is 71.6. The fourth-order valence-corrected chi connectivity index (χ4v) is 1.34. The zero-order valence-electron chi connectivity index (χ0n) is 29.7. The molecule has 5 heterocycles. The molecule has 0 aliphatic heterocycles. The third kappa shape index (κ3) is 29.5. The van der Waals surface area contributed by atoms with E-state index in [0.717, 1.165) is 9.58 Å². The quantitative estimate of drug-likeness (QED) is 0.0573. The molecule has 5 radical (unpaired) electrons. The van der Waals surface area contributed by atoms with Crippen molar-refractivity contribution < 1.29 is 191 Å². The second-order valence-electron chi connectivity index (χ2n) is 4.33. The molecule has 0 spiro atoms. The van der Waals surface area contributed by atoms with E-state index in [1.807, 2.05) is 0 Å². The number of nitrogens with two attached hydrogens (primary N) is 2. The third-order valence-corrected chi connectivity index (χ3v) is 2.49. The largest absolute Gasteiger partial charge is 1.00 e. The number of hydrogen-bond acceptors (Lipinski definition) is 21. The van der Waals surface area contributed by atoms with E-state index in [1.165, 1.54) is 6.19 Å². The molecule has 0 unspecified atom stereocenters. The number of nitrogens with zero attached hydrogens (tertiary/aromatic N) is 23. The van der Waals surface area contributed by atoms with E-state index in [1.54, 1.807) is 6.07 Å². The molecule has 46 heavy (non-hydrogen) atoms. The molecule has 0 saturated carbocycles. The first-order valence-electron chi connectivity index (χ1n) is 9.26. The van der Waals surface area contributed by atoms with Crippen LogP contribution in [-0.2, 0) is 0 Å². The summed E-state index contributed by atoms with van der Waals surface area (Å²) < 4.78 is 16.0. The van der Waals surface area contributed by atoms with Gasteiger partial charge in [0, 0.05) is 25.3 Å². The molecule has 0 aliphatic rings. The van der Waals surface area contributed by atoms with Crippen molar-refractivity contribution in [2.75, 3.05) is 11.7 Å². The summed E-state index contributed by atoms with van der Waals surface area (Å²) in [6.45, 7) is 5.72. The van der Waals surface area contributed by atoms with Gasteiger partial charge in [-0.3, -0.25) is 30.9 Å². The van der Waals surface area contributed by atoms with Gasteiger partial charge >= 0.3 is 184 Å². The van der Waals surface area contributed by atoms with Gasteiger partial charge in [0.25, 0.3) is 0 Å². The van der Waals surface area contributed by atoms with Gasteiger partial charge in [-0.25, -0.2) is 1.37 Å². The average molecular weight is 704 g/mol. The monoisotopic (exact) mass is 704 g/mol. The van der Waals surface area contributed by atoms with Gasteiger partial charge in [0.15, 0.2) is 0 Å². The predicted molar refractivity (Wildman–Crippen MR) is 129 cm³/mol. The molecule has 0 saturated heterocycles. The predicted octanol–water partition coefficient (Wildman–Crippen LogP) is -26.6. The Morgan fingerprint density at radius 1 is 0.761 bits per heavy atom. The minimum atomic E-state index is 0. The Hall–Kier alpha value is -0.610. The normalized spacial score (nSPS) is 6.72. The average Bonchev–Trinajstić information content (AvgIpc) is 3.84. The summed E-state index contributed by atoms with van der Waals surface area (Å²) in [5.41, 5.74) is 0. The maximum Gasteiger partial charge on any atom is 1.00 e. The van der Waals surface area contributed by atoms with Gasteiger partial charge in [-0.1, -0.05) is 6.57 Å². The van der Waals surface area contributed by atoms with Crippen LogP contribution in [0.15, 0.2) is 0 Å². The molecule has 0 fully saturated rings. The topological polar surface area (TPSA) is 482 Å². The van der Waals surface area contributed by atoms with Crippen LogP contribution in [0.3, 0.4) is 0 Å². The van der Waals surface area contributed by atoms with Gasteiger partial charge in [0.1, 0.15) is 11.9 Å². The Labute approximate surface area is 401 Å². The molecule has 14 N–H and O–H groups in total.